The number of nitrogens with one attached hydrogen (secondary N) is 1. The second-order valence-electron chi connectivity index (χ2n) is 5.71. The minimum absolute atomic E-state index is 0.0766. The molecule has 2 aliphatic rings. The highest BCUT2D eigenvalue weighted by molar-refractivity contribution is 5.81. The van der Waals surface area contributed by atoms with E-state index in [0.29, 0.717) is 12.6 Å². The number of ether oxygens (including phenoxy) is 1. The molecule has 0 aromatic rings. The Morgan fingerprint density at radius 3 is 2.83 bits per heavy atom. The molecule has 1 heterocycles. The monoisotopic (exact) mass is 254 g/mol. The molecular formula is C14H26N2O2. The van der Waals surface area contributed by atoms with Gasteiger partial charge in [0, 0.05) is 12.6 Å². The van der Waals surface area contributed by atoms with Gasteiger partial charge in [0.25, 0.3) is 0 Å². The first kappa shape index (κ1) is 13.8. The van der Waals surface area contributed by atoms with Crippen LogP contribution in [0.3, 0.4) is 0 Å². The third-order valence-corrected chi connectivity index (χ3v) is 4.37. The van der Waals surface area contributed by atoms with Crippen molar-refractivity contribution in [1.82, 2.24) is 5.32 Å². The van der Waals surface area contributed by atoms with Crippen molar-refractivity contribution in [3.8, 4) is 0 Å². The fourth-order valence-corrected chi connectivity index (χ4v) is 3.16. The van der Waals surface area contributed by atoms with Crippen LogP contribution in [-0.2, 0) is 9.53 Å². The van der Waals surface area contributed by atoms with Crippen LogP contribution in [0.4, 0.5) is 0 Å². The molecule has 1 aliphatic carbocycles. The zero-order valence-corrected chi connectivity index (χ0v) is 11.4. The first-order valence-corrected chi connectivity index (χ1v) is 7.38. The summed E-state index contributed by atoms with van der Waals surface area (Å²) in [6, 6.07) is 0.358. The fraction of sp³-hybridized carbons (Fsp3) is 0.929. The SMILES string of the molecule is CCC1CCCC(NC(=O)C2CCC(CN)O2)C1. The Balaban J connectivity index is 1.77. The summed E-state index contributed by atoms with van der Waals surface area (Å²) in [5.41, 5.74) is 5.56. The van der Waals surface area contributed by atoms with Crippen molar-refractivity contribution in [2.45, 2.75) is 70.1 Å². The van der Waals surface area contributed by atoms with Crippen molar-refractivity contribution in [3.63, 3.8) is 0 Å². The van der Waals surface area contributed by atoms with E-state index in [-0.39, 0.29) is 18.1 Å². The zero-order chi connectivity index (χ0) is 13.0. The van der Waals surface area contributed by atoms with Crippen molar-refractivity contribution in [1.29, 1.82) is 0 Å². The average molecular weight is 254 g/mol. The molecule has 18 heavy (non-hydrogen) atoms. The van der Waals surface area contributed by atoms with Gasteiger partial charge >= 0.3 is 0 Å². The van der Waals surface area contributed by atoms with Gasteiger partial charge in [-0.25, -0.2) is 0 Å². The van der Waals surface area contributed by atoms with Crippen LogP contribution in [0.2, 0.25) is 0 Å². The van der Waals surface area contributed by atoms with Crippen LogP contribution in [0.15, 0.2) is 0 Å². The lowest BCUT2D eigenvalue weighted by molar-refractivity contribution is -0.132. The van der Waals surface area contributed by atoms with Gasteiger partial charge in [-0.1, -0.05) is 26.2 Å². The second-order valence-corrected chi connectivity index (χ2v) is 5.71. The maximum Gasteiger partial charge on any atom is 0.249 e. The van der Waals surface area contributed by atoms with Gasteiger partial charge in [0.05, 0.1) is 6.10 Å². The van der Waals surface area contributed by atoms with Crippen LogP contribution in [0.5, 0.6) is 0 Å². The Bertz CT molecular complexity index is 283. The fourth-order valence-electron chi connectivity index (χ4n) is 3.16. The predicted octanol–water partition coefficient (Wildman–Crippen LogP) is 1.58. The molecule has 1 amide bonds. The number of carbonyl (C=O) groups excluding carboxylic acids is 1. The topological polar surface area (TPSA) is 64.4 Å². The Morgan fingerprint density at radius 2 is 2.17 bits per heavy atom. The van der Waals surface area contributed by atoms with Gasteiger partial charge in [-0.15, -0.1) is 0 Å². The highest BCUT2D eigenvalue weighted by atomic mass is 16.5. The Kier molecular flexibility index (Phi) is 5.01. The van der Waals surface area contributed by atoms with E-state index < -0.39 is 0 Å². The van der Waals surface area contributed by atoms with Gasteiger partial charge in [-0.3, -0.25) is 4.79 Å². The normalized spacial score (nSPS) is 36.6. The van der Waals surface area contributed by atoms with E-state index in [4.69, 9.17) is 10.5 Å². The van der Waals surface area contributed by atoms with E-state index in [9.17, 15) is 4.79 Å². The number of nitrogens with two attached hydrogens (primary N) is 1. The van der Waals surface area contributed by atoms with Gasteiger partial charge in [0.2, 0.25) is 5.91 Å². The maximum atomic E-state index is 12.1. The molecule has 0 bridgehead atoms. The summed E-state index contributed by atoms with van der Waals surface area (Å²) in [6.45, 7) is 2.76. The minimum Gasteiger partial charge on any atom is -0.364 e. The van der Waals surface area contributed by atoms with Crippen LogP contribution in [0, 0.1) is 5.92 Å². The predicted molar refractivity (Wildman–Crippen MR) is 71.1 cm³/mol. The highest BCUT2D eigenvalue weighted by Gasteiger charge is 2.31. The standard InChI is InChI=1S/C14H26N2O2/c1-2-10-4-3-5-11(8-10)16-14(17)13-7-6-12(9-15)18-13/h10-13H,2-9,15H2,1H3,(H,16,17). The smallest absolute Gasteiger partial charge is 0.249 e. The lowest BCUT2D eigenvalue weighted by atomic mass is 9.84. The van der Waals surface area contributed by atoms with Gasteiger partial charge in [0.15, 0.2) is 0 Å². The van der Waals surface area contributed by atoms with E-state index >= 15 is 0 Å². The van der Waals surface area contributed by atoms with Gasteiger partial charge in [0.1, 0.15) is 6.10 Å². The van der Waals surface area contributed by atoms with Crippen molar-refractivity contribution in [3.05, 3.63) is 0 Å². The molecule has 0 radical (unpaired) electrons. The van der Waals surface area contributed by atoms with Crippen LogP contribution in [-0.4, -0.2) is 30.7 Å². The molecule has 2 rings (SSSR count). The average Bonchev–Trinajstić information content (AvgIpc) is 2.88. The Hall–Kier alpha value is -0.610. The summed E-state index contributed by atoms with van der Waals surface area (Å²) in [5.74, 6) is 0.859. The summed E-state index contributed by atoms with van der Waals surface area (Å²) < 4.78 is 5.63. The van der Waals surface area contributed by atoms with Crippen LogP contribution in [0.25, 0.3) is 0 Å². The molecule has 1 saturated carbocycles. The largest absolute Gasteiger partial charge is 0.364 e. The molecule has 1 aliphatic heterocycles. The first-order chi connectivity index (χ1) is 8.72. The molecule has 4 atom stereocenters. The van der Waals surface area contributed by atoms with Crippen LogP contribution in [0.1, 0.15) is 51.9 Å². The Morgan fingerprint density at radius 1 is 1.33 bits per heavy atom. The molecule has 3 N–H and O–H groups in total. The van der Waals surface area contributed by atoms with Crippen LogP contribution >= 0.6 is 0 Å². The summed E-state index contributed by atoms with van der Waals surface area (Å²) in [7, 11) is 0. The second kappa shape index (κ2) is 6.53. The third kappa shape index (κ3) is 3.45. The number of hydrogen-bond donors (Lipinski definition) is 2. The molecular weight excluding hydrogens is 228 g/mol. The number of amides is 1. The molecule has 4 heteroatoms. The van der Waals surface area contributed by atoms with E-state index in [1.54, 1.807) is 0 Å². The van der Waals surface area contributed by atoms with Crippen molar-refractivity contribution in [2.24, 2.45) is 11.7 Å². The molecule has 0 aromatic carbocycles. The molecule has 104 valence electrons. The summed E-state index contributed by atoms with van der Waals surface area (Å²) >= 11 is 0. The molecule has 4 unspecified atom stereocenters. The van der Waals surface area contributed by atoms with E-state index in [1.807, 2.05) is 0 Å². The molecule has 4 nitrogen and oxygen atoms in total. The lowest BCUT2D eigenvalue weighted by Crippen LogP contribution is -2.43. The minimum atomic E-state index is -0.263. The Labute approximate surface area is 110 Å². The number of rotatable bonds is 4. The summed E-state index contributed by atoms with van der Waals surface area (Å²) in [4.78, 5) is 12.1. The quantitative estimate of drug-likeness (QED) is 0.800. The number of hydrogen-bond acceptors (Lipinski definition) is 3. The van der Waals surface area contributed by atoms with E-state index in [0.717, 1.165) is 31.6 Å². The van der Waals surface area contributed by atoms with Crippen molar-refractivity contribution >= 4 is 5.91 Å². The molecule has 1 saturated heterocycles. The van der Waals surface area contributed by atoms with Gasteiger partial charge in [-0.2, -0.15) is 0 Å². The summed E-state index contributed by atoms with van der Waals surface area (Å²) in [6.07, 6.45) is 7.58. The maximum absolute atomic E-state index is 12.1. The molecule has 0 spiro atoms. The van der Waals surface area contributed by atoms with Crippen LogP contribution < -0.4 is 11.1 Å². The van der Waals surface area contributed by atoms with E-state index in [1.165, 1.54) is 19.3 Å². The highest BCUT2D eigenvalue weighted by Crippen LogP contribution is 2.27. The molecule has 2 fully saturated rings. The van der Waals surface area contributed by atoms with E-state index in [2.05, 4.69) is 12.2 Å². The lowest BCUT2D eigenvalue weighted by Gasteiger charge is -2.29. The van der Waals surface area contributed by atoms with Crippen molar-refractivity contribution in [2.75, 3.05) is 6.54 Å². The zero-order valence-electron chi connectivity index (χ0n) is 11.4. The summed E-state index contributed by atoms with van der Waals surface area (Å²) in [5, 5.41) is 3.16. The first-order valence-electron chi connectivity index (χ1n) is 7.38. The van der Waals surface area contributed by atoms with Gasteiger partial charge < -0.3 is 15.8 Å². The number of carbonyl (C=O) groups is 1. The van der Waals surface area contributed by atoms with Gasteiger partial charge in [-0.05, 0) is 31.6 Å². The van der Waals surface area contributed by atoms with Crippen molar-refractivity contribution < 1.29 is 9.53 Å². The molecule has 0 aromatic heterocycles. The third-order valence-electron chi connectivity index (χ3n) is 4.37.